The quantitative estimate of drug-likeness (QED) is 0.600. The van der Waals surface area contributed by atoms with Crippen LogP contribution in [0.3, 0.4) is 0 Å². The fraction of sp³-hybridized carbons (Fsp3) is 0.0476. The largest absolute Gasteiger partial charge is 0.343 e. The number of benzene rings is 2. The summed E-state index contributed by atoms with van der Waals surface area (Å²) in [6.07, 6.45) is 5.31. The van der Waals surface area contributed by atoms with Crippen LogP contribution in [0.2, 0.25) is 0 Å². The Kier molecular flexibility index (Phi) is 4.11. The van der Waals surface area contributed by atoms with E-state index >= 15 is 0 Å². The van der Waals surface area contributed by atoms with E-state index in [4.69, 9.17) is 0 Å². The molecular weight excluding hydrogens is 324 g/mol. The van der Waals surface area contributed by atoms with Gasteiger partial charge in [0.1, 0.15) is 5.65 Å². The van der Waals surface area contributed by atoms with E-state index in [0.717, 1.165) is 22.7 Å². The molecule has 0 aliphatic carbocycles. The molecular formula is C21H18N4O. The lowest BCUT2D eigenvalue weighted by Crippen LogP contribution is -2.17. The number of carbonyl (C=O) groups is 1. The molecule has 4 aromatic rings. The van der Waals surface area contributed by atoms with Crippen LogP contribution < -0.4 is 10.2 Å². The number of aromatic nitrogens is 2. The third kappa shape index (κ3) is 3.02. The van der Waals surface area contributed by atoms with E-state index in [9.17, 15) is 4.79 Å². The lowest BCUT2D eigenvalue weighted by atomic mass is 10.2. The van der Waals surface area contributed by atoms with Crippen LogP contribution in [0.25, 0.3) is 5.65 Å². The summed E-state index contributed by atoms with van der Waals surface area (Å²) in [5.41, 5.74) is 4.12. The highest BCUT2D eigenvalue weighted by molar-refractivity contribution is 6.06. The number of carbonyl (C=O) groups excluding carboxylic acids is 1. The van der Waals surface area contributed by atoms with Crippen LogP contribution in [-0.4, -0.2) is 22.3 Å². The van der Waals surface area contributed by atoms with E-state index in [2.05, 4.69) is 15.2 Å². The van der Waals surface area contributed by atoms with Crippen LogP contribution in [0.15, 0.2) is 85.3 Å². The molecule has 0 aliphatic heterocycles. The van der Waals surface area contributed by atoms with Crippen molar-refractivity contribution in [2.45, 2.75) is 0 Å². The molecule has 5 nitrogen and oxygen atoms in total. The second-order valence-electron chi connectivity index (χ2n) is 5.98. The number of rotatable bonds is 4. The molecule has 0 fully saturated rings. The first-order valence-electron chi connectivity index (χ1n) is 8.34. The first-order valence-corrected chi connectivity index (χ1v) is 8.34. The number of nitrogens with zero attached hydrogens (tertiary/aromatic N) is 3. The molecule has 26 heavy (non-hydrogen) atoms. The number of nitrogens with one attached hydrogen (secondary N) is 1. The third-order valence-corrected chi connectivity index (χ3v) is 4.31. The Labute approximate surface area is 151 Å². The highest BCUT2D eigenvalue weighted by Crippen LogP contribution is 2.30. The van der Waals surface area contributed by atoms with Crippen molar-refractivity contribution in [3.63, 3.8) is 0 Å². The number of anilines is 3. The Morgan fingerprint density at radius 3 is 2.62 bits per heavy atom. The van der Waals surface area contributed by atoms with Crippen LogP contribution in [0.1, 0.15) is 10.4 Å². The minimum atomic E-state index is -0.158. The van der Waals surface area contributed by atoms with Crippen molar-refractivity contribution in [2.24, 2.45) is 0 Å². The molecule has 2 aromatic carbocycles. The molecule has 4 rings (SSSR count). The van der Waals surface area contributed by atoms with E-state index in [0.29, 0.717) is 5.56 Å². The zero-order valence-corrected chi connectivity index (χ0v) is 14.3. The highest BCUT2D eigenvalue weighted by atomic mass is 16.1. The van der Waals surface area contributed by atoms with E-state index in [1.54, 1.807) is 18.5 Å². The van der Waals surface area contributed by atoms with Gasteiger partial charge < -0.3 is 14.6 Å². The maximum atomic E-state index is 12.7. The summed E-state index contributed by atoms with van der Waals surface area (Å²) in [7, 11) is 1.98. The fourth-order valence-corrected chi connectivity index (χ4v) is 2.91. The second-order valence-corrected chi connectivity index (χ2v) is 5.98. The van der Waals surface area contributed by atoms with Crippen molar-refractivity contribution >= 4 is 28.6 Å². The molecule has 0 bridgehead atoms. The number of hydrogen-bond acceptors (Lipinski definition) is 3. The van der Waals surface area contributed by atoms with Gasteiger partial charge in [-0.1, -0.05) is 30.3 Å². The van der Waals surface area contributed by atoms with Gasteiger partial charge in [-0.25, -0.2) is 4.98 Å². The zero-order valence-electron chi connectivity index (χ0n) is 14.3. The molecule has 0 radical (unpaired) electrons. The van der Waals surface area contributed by atoms with Gasteiger partial charge in [-0.2, -0.15) is 0 Å². The van der Waals surface area contributed by atoms with Crippen LogP contribution in [0.5, 0.6) is 0 Å². The molecule has 0 saturated heterocycles. The lowest BCUT2D eigenvalue weighted by molar-refractivity contribution is 0.102. The number of pyridine rings is 1. The van der Waals surface area contributed by atoms with Gasteiger partial charge in [0.25, 0.3) is 5.91 Å². The second kappa shape index (κ2) is 6.72. The van der Waals surface area contributed by atoms with Crippen molar-refractivity contribution < 1.29 is 4.79 Å². The van der Waals surface area contributed by atoms with E-state index in [1.807, 2.05) is 78.3 Å². The zero-order chi connectivity index (χ0) is 17.9. The third-order valence-electron chi connectivity index (χ3n) is 4.31. The Morgan fingerprint density at radius 1 is 1.00 bits per heavy atom. The molecule has 0 atom stereocenters. The fourth-order valence-electron chi connectivity index (χ4n) is 2.91. The number of para-hydroxylation sites is 3. The van der Waals surface area contributed by atoms with Crippen molar-refractivity contribution in [3.05, 3.63) is 90.9 Å². The molecule has 0 saturated carbocycles. The van der Waals surface area contributed by atoms with Crippen molar-refractivity contribution in [2.75, 3.05) is 17.3 Å². The summed E-state index contributed by atoms with van der Waals surface area (Å²) in [4.78, 5) is 19.0. The summed E-state index contributed by atoms with van der Waals surface area (Å²) in [6, 6.07) is 21.4. The Hall–Kier alpha value is -3.60. The van der Waals surface area contributed by atoms with Gasteiger partial charge in [-0.3, -0.25) is 4.79 Å². The first kappa shape index (κ1) is 15.9. The lowest BCUT2D eigenvalue weighted by Gasteiger charge is -2.22. The van der Waals surface area contributed by atoms with Crippen LogP contribution in [-0.2, 0) is 0 Å². The minimum Gasteiger partial charge on any atom is -0.343 e. The summed E-state index contributed by atoms with van der Waals surface area (Å²) < 4.78 is 1.83. The van der Waals surface area contributed by atoms with E-state index < -0.39 is 0 Å². The average Bonchev–Trinajstić information content (AvgIpc) is 3.16. The normalized spacial score (nSPS) is 10.7. The minimum absolute atomic E-state index is 0.158. The van der Waals surface area contributed by atoms with Gasteiger partial charge in [0.05, 0.1) is 16.9 Å². The number of hydrogen-bond donors (Lipinski definition) is 1. The number of imidazole rings is 1. The van der Waals surface area contributed by atoms with Crippen molar-refractivity contribution in [1.29, 1.82) is 0 Å². The Bertz CT molecular complexity index is 1060. The van der Waals surface area contributed by atoms with Crippen LogP contribution in [0, 0.1) is 0 Å². The Balaban J connectivity index is 1.63. The molecule has 2 aromatic heterocycles. The molecule has 1 amide bonds. The van der Waals surface area contributed by atoms with E-state index in [1.165, 1.54) is 0 Å². The van der Waals surface area contributed by atoms with Crippen LogP contribution in [0.4, 0.5) is 17.1 Å². The van der Waals surface area contributed by atoms with Gasteiger partial charge in [-0.15, -0.1) is 0 Å². The smallest absolute Gasteiger partial charge is 0.257 e. The van der Waals surface area contributed by atoms with Gasteiger partial charge in [0.2, 0.25) is 0 Å². The average molecular weight is 342 g/mol. The van der Waals surface area contributed by atoms with Gasteiger partial charge in [0, 0.05) is 31.3 Å². The Morgan fingerprint density at radius 2 is 1.77 bits per heavy atom. The highest BCUT2D eigenvalue weighted by Gasteiger charge is 2.13. The van der Waals surface area contributed by atoms with Crippen molar-refractivity contribution in [3.8, 4) is 0 Å². The summed E-state index contributed by atoms with van der Waals surface area (Å²) in [5.74, 6) is -0.158. The van der Waals surface area contributed by atoms with Crippen molar-refractivity contribution in [1.82, 2.24) is 9.38 Å². The summed E-state index contributed by atoms with van der Waals surface area (Å²) in [6.45, 7) is 0. The molecule has 0 spiro atoms. The number of fused-ring (bicyclic) bond motifs is 1. The first-order chi connectivity index (χ1) is 12.7. The maximum absolute atomic E-state index is 12.7. The molecule has 0 aliphatic rings. The van der Waals surface area contributed by atoms with Gasteiger partial charge >= 0.3 is 0 Å². The van der Waals surface area contributed by atoms with E-state index in [-0.39, 0.29) is 5.91 Å². The van der Waals surface area contributed by atoms with Gasteiger partial charge in [0.15, 0.2) is 0 Å². The number of amides is 1. The molecule has 128 valence electrons. The topological polar surface area (TPSA) is 49.6 Å². The molecule has 5 heteroatoms. The van der Waals surface area contributed by atoms with Crippen LogP contribution >= 0.6 is 0 Å². The molecule has 2 heterocycles. The van der Waals surface area contributed by atoms with Gasteiger partial charge in [-0.05, 0) is 36.4 Å². The SMILES string of the molecule is CN(c1ccccc1)c1ccccc1NC(=O)c1ccc2nccn2c1. The maximum Gasteiger partial charge on any atom is 0.257 e. The predicted molar refractivity (Wildman–Crippen MR) is 104 cm³/mol. The standard InChI is InChI=1S/C21H18N4O/c1-24(17-7-3-2-4-8-17)19-10-6-5-9-18(19)23-21(26)16-11-12-20-22-13-14-25(20)15-16/h2-15H,1H3,(H,23,26). The monoisotopic (exact) mass is 342 g/mol. The predicted octanol–water partition coefficient (Wildman–Crippen LogP) is 4.35. The summed E-state index contributed by atoms with van der Waals surface area (Å²) >= 11 is 0. The molecule has 0 unspecified atom stereocenters. The molecule has 1 N–H and O–H groups in total. The summed E-state index contributed by atoms with van der Waals surface area (Å²) in [5, 5.41) is 3.02.